The lowest BCUT2D eigenvalue weighted by molar-refractivity contribution is -0.120. The molecule has 2 heterocycles. The van der Waals surface area contributed by atoms with E-state index in [1.807, 2.05) is 72.8 Å². The van der Waals surface area contributed by atoms with Gasteiger partial charge in [0.05, 0.1) is 12.7 Å². The molecule has 2 aliphatic rings. The van der Waals surface area contributed by atoms with Gasteiger partial charge in [-0.3, -0.25) is 14.5 Å². The molecule has 0 bridgehead atoms. The molecule has 46 heavy (non-hydrogen) atoms. The van der Waals surface area contributed by atoms with Gasteiger partial charge in [0, 0.05) is 41.0 Å². The standard InChI is InChI=1S/C37H39N3O4S2/c1-44-37(43)32-30-20-21-40(23-25-12-5-2-6-13-25)24-31(30)46-36(32)39-35(42)33(26-14-7-3-8-15-26)45-29-19-11-18-28(22-29)38-34(41)27-16-9-4-10-17-27/h2-3,5-8,11-15,18-19,22,27,33H,4,9-10,16-17,20-21,23-24H2,1H3,(H,38,41)(H,39,42). The van der Waals surface area contributed by atoms with Gasteiger partial charge in [-0.05, 0) is 54.2 Å². The predicted octanol–water partition coefficient (Wildman–Crippen LogP) is 8.08. The number of carbonyl (C=O) groups is 3. The Hall–Kier alpha value is -3.92. The van der Waals surface area contributed by atoms with E-state index in [9.17, 15) is 14.4 Å². The molecule has 3 aromatic carbocycles. The summed E-state index contributed by atoms with van der Waals surface area (Å²) in [6, 6.07) is 27.7. The molecule has 0 saturated heterocycles. The normalized spacial score (nSPS) is 15.8. The number of thiophene rings is 1. The van der Waals surface area contributed by atoms with E-state index < -0.39 is 11.2 Å². The highest BCUT2D eigenvalue weighted by Gasteiger charge is 2.31. The quantitative estimate of drug-likeness (QED) is 0.133. The highest BCUT2D eigenvalue weighted by Crippen LogP contribution is 2.41. The zero-order valence-electron chi connectivity index (χ0n) is 26.0. The molecular weight excluding hydrogens is 615 g/mol. The Morgan fingerprint density at radius 2 is 1.67 bits per heavy atom. The SMILES string of the molecule is COC(=O)c1c(NC(=O)C(Sc2cccc(NC(=O)C3CCCCC3)c2)c2ccccc2)sc2c1CCN(Cc1ccccc1)C2. The first-order valence-corrected chi connectivity index (χ1v) is 17.6. The molecule has 9 heteroatoms. The smallest absolute Gasteiger partial charge is 0.341 e. The van der Waals surface area contributed by atoms with Crippen LogP contribution < -0.4 is 10.6 Å². The van der Waals surface area contributed by atoms with Crippen molar-refractivity contribution in [1.29, 1.82) is 0 Å². The van der Waals surface area contributed by atoms with E-state index in [-0.39, 0.29) is 17.7 Å². The Morgan fingerprint density at radius 3 is 2.41 bits per heavy atom. The van der Waals surface area contributed by atoms with Crippen LogP contribution in [0.4, 0.5) is 10.7 Å². The number of rotatable bonds is 10. The molecule has 6 rings (SSSR count). The molecule has 1 fully saturated rings. The Balaban J connectivity index is 1.22. The Morgan fingerprint density at radius 1 is 0.935 bits per heavy atom. The molecule has 2 amide bonds. The molecule has 238 valence electrons. The summed E-state index contributed by atoms with van der Waals surface area (Å²) in [5.41, 5.74) is 4.23. The van der Waals surface area contributed by atoms with Gasteiger partial charge in [0.15, 0.2) is 0 Å². The minimum Gasteiger partial charge on any atom is -0.465 e. The number of nitrogens with zero attached hydrogens (tertiary/aromatic N) is 1. The van der Waals surface area contributed by atoms with Gasteiger partial charge in [-0.15, -0.1) is 23.1 Å². The van der Waals surface area contributed by atoms with Gasteiger partial charge in [-0.1, -0.05) is 86.0 Å². The number of esters is 1. The summed E-state index contributed by atoms with van der Waals surface area (Å²) in [6.45, 7) is 2.33. The van der Waals surface area contributed by atoms with Crippen LogP contribution in [0.15, 0.2) is 89.8 Å². The van der Waals surface area contributed by atoms with Crippen LogP contribution in [0.25, 0.3) is 0 Å². The number of thioether (sulfide) groups is 1. The van der Waals surface area contributed by atoms with Gasteiger partial charge < -0.3 is 15.4 Å². The number of carbonyl (C=O) groups excluding carboxylic acids is 3. The molecule has 2 N–H and O–H groups in total. The van der Waals surface area contributed by atoms with Crippen molar-refractivity contribution >= 4 is 51.6 Å². The van der Waals surface area contributed by atoms with Crippen molar-refractivity contribution in [2.24, 2.45) is 5.92 Å². The fourth-order valence-corrected chi connectivity index (χ4v) is 8.67. The van der Waals surface area contributed by atoms with E-state index in [0.717, 1.165) is 65.4 Å². The number of hydrogen-bond acceptors (Lipinski definition) is 7. The van der Waals surface area contributed by atoms with E-state index in [4.69, 9.17) is 4.74 Å². The first kappa shape index (κ1) is 32.0. The molecule has 1 aliphatic heterocycles. The summed E-state index contributed by atoms with van der Waals surface area (Å²) in [5, 5.41) is 6.16. The molecule has 7 nitrogen and oxygen atoms in total. The third-order valence-electron chi connectivity index (χ3n) is 8.68. The van der Waals surface area contributed by atoms with E-state index in [2.05, 4.69) is 27.7 Å². The second-order valence-electron chi connectivity index (χ2n) is 11.9. The summed E-state index contributed by atoms with van der Waals surface area (Å²) < 4.78 is 5.20. The van der Waals surface area contributed by atoms with Gasteiger partial charge in [-0.2, -0.15) is 0 Å². The van der Waals surface area contributed by atoms with Crippen molar-refractivity contribution in [2.45, 2.75) is 61.8 Å². The number of fused-ring (bicyclic) bond motifs is 1. The summed E-state index contributed by atoms with van der Waals surface area (Å²) in [4.78, 5) is 44.4. The van der Waals surface area contributed by atoms with Crippen molar-refractivity contribution < 1.29 is 19.1 Å². The Kier molecular flexibility index (Phi) is 10.5. The summed E-state index contributed by atoms with van der Waals surface area (Å²) in [6.07, 6.45) is 5.95. The van der Waals surface area contributed by atoms with Gasteiger partial charge in [-0.25, -0.2) is 4.79 Å². The van der Waals surface area contributed by atoms with Gasteiger partial charge in [0.25, 0.3) is 0 Å². The van der Waals surface area contributed by atoms with Crippen LogP contribution in [-0.2, 0) is 33.8 Å². The number of benzene rings is 3. The lowest BCUT2D eigenvalue weighted by atomic mass is 9.88. The third-order valence-corrected chi connectivity index (χ3v) is 11.1. The average molecular weight is 654 g/mol. The highest BCUT2D eigenvalue weighted by atomic mass is 32.2. The number of ether oxygens (including phenoxy) is 1. The highest BCUT2D eigenvalue weighted by molar-refractivity contribution is 8.00. The van der Waals surface area contributed by atoms with Gasteiger partial charge in [0.1, 0.15) is 10.3 Å². The number of anilines is 2. The lowest BCUT2D eigenvalue weighted by Crippen LogP contribution is -2.29. The predicted molar refractivity (Wildman–Crippen MR) is 185 cm³/mol. The Bertz CT molecular complexity index is 1670. The maximum Gasteiger partial charge on any atom is 0.341 e. The number of methoxy groups -OCH3 is 1. The minimum atomic E-state index is -0.593. The fraction of sp³-hybridized carbons (Fsp3) is 0.324. The van der Waals surface area contributed by atoms with E-state index in [0.29, 0.717) is 23.5 Å². The van der Waals surface area contributed by atoms with E-state index in [1.54, 1.807) is 0 Å². The van der Waals surface area contributed by atoms with Crippen LogP contribution >= 0.6 is 23.1 Å². The van der Waals surface area contributed by atoms with Crippen LogP contribution in [0.3, 0.4) is 0 Å². The summed E-state index contributed by atoms with van der Waals surface area (Å²) in [5.74, 6) is -0.537. The molecule has 0 spiro atoms. The van der Waals surface area contributed by atoms with Crippen molar-refractivity contribution in [1.82, 2.24) is 4.90 Å². The van der Waals surface area contributed by atoms with Gasteiger partial charge in [0.2, 0.25) is 11.8 Å². The molecule has 4 aromatic rings. The van der Waals surface area contributed by atoms with E-state index in [1.165, 1.54) is 42.2 Å². The topological polar surface area (TPSA) is 87.7 Å². The van der Waals surface area contributed by atoms with Crippen LogP contribution in [0.1, 0.15) is 69.3 Å². The fourth-order valence-electron chi connectivity index (χ4n) is 6.31. The second-order valence-corrected chi connectivity index (χ2v) is 14.2. The molecular formula is C37H39N3O4S2. The first-order valence-electron chi connectivity index (χ1n) is 15.9. The molecule has 1 unspecified atom stereocenters. The zero-order chi connectivity index (χ0) is 31.9. The number of hydrogen-bond donors (Lipinski definition) is 2. The largest absolute Gasteiger partial charge is 0.465 e. The summed E-state index contributed by atoms with van der Waals surface area (Å²) in [7, 11) is 1.38. The van der Waals surface area contributed by atoms with E-state index >= 15 is 0 Å². The molecule has 1 aromatic heterocycles. The van der Waals surface area contributed by atoms with Gasteiger partial charge >= 0.3 is 5.97 Å². The second kappa shape index (κ2) is 15.1. The van der Waals surface area contributed by atoms with Crippen molar-refractivity contribution in [3.8, 4) is 0 Å². The summed E-state index contributed by atoms with van der Waals surface area (Å²) >= 11 is 2.88. The van der Waals surface area contributed by atoms with Crippen LogP contribution in [0.5, 0.6) is 0 Å². The minimum absolute atomic E-state index is 0.0546. The maximum atomic E-state index is 14.1. The molecule has 1 saturated carbocycles. The van der Waals surface area contributed by atoms with Crippen LogP contribution in [0.2, 0.25) is 0 Å². The maximum absolute atomic E-state index is 14.1. The van der Waals surface area contributed by atoms with Crippen LogP contribution in [-0.4, -0.2) is 36.3 Å². The third kappa shape index (κ3) is 7.71. The number of amides is 2. The number of nitrogens with one attached hydrogen (secondary N) is 2. The first-order chi connectivity index (χ1) is 22.5. The average Bonchev–Trinajstić information content (AvgIpc) is 3.45. The molecule has 0 radical (unpaired) electrons. The monoisotopic (exact) mass is 653 g/mol. The molecule has 1 atom stereocenters. The van der Waals surface area contributed by atoms with Crippen LogP contribution in [0, 0.1) is 5.92 Å². The van der Waals surface area contributed by atoms with Crippen molar-refractivity contribution in [2.75, 3.05) is 24.3 Å². The van der Waals surface area contributed by atoms with Crippen molar-refractivity contribution in [3.63, 3.8) is 0 Å². The lowest BCUT2D eigenvalue weighted by Gasteiger charge is -2.27. The Labute approximate surface area is 278 Å². The van der Waals surface area contributed by atoms with Crippen molar-refractivity contribution in [3.05, 3.63) is 112 Å². The zero-order valence-corrected chi connectivity index (χ0v) is 27.6. The molecule has 1 aliphatic carbocycles.